The van der Waals surface area contributed by atoms with Gasteiger partial charge in [0, 0.05) is 24.0 Å². The highest BCUT2D eigenvalue weighted by Crippen LogP contribution is 2.25. The lowest BCUT2D eigenvalue weighted by Crippen LogP contribution is -2.17. The average molecular weight is 373 g/mol. The highest BCUT2D eigenvalue weighted by molar-refractivity contribution is 7.91. The number of aromatic nitrogens is 1. The molecule has 0 radical (unpaired) electrons. The molecule has 122 valence electrons. The molecule has 0 aliphatic carbocycles. The number of rotatable bonds is 5. The molecule has 0 spiro atoms. The summed E-state index contributed by atoms with van der Waals surface area (Å²) in [6, 6.07) is 7.40. The second-order valence-corrected chi connectivity index (χ2v) is 7.80. The van der Waals surface area contributed by atoms with Crippen LogP contribution in [0.15, 0.2) is 41.4 Å². The molecule has 0 unspecified atom stereocenters. The van der Waals surface area contributed by atoms with Crippen molar-refractivity contribution >= 4 is 44.6 Å². The second kappa shape index (κ2) is 7.29. The Kier molecular flexibility index (Phi) is 5.62. The van der Waals surface area contributed by atoms with Crippen LogP contribution in [0, 0.1) is 6.92 Å². The molecule has 8 heteroatoms. The number of sulfone groups is 1. The lowest BCUT2D eigenvalue weighted by atomic mass is 10.3. The van der Waals surface area contributed by atoms with Crippen molar-refractivity contribution < 1.29 is 13.2 Å². The number of halogens is 2. The lowest BCUT2D eigenvalue weighted by molar-refractivity contribution is -0.115. The summed E-state index contributed by atoms with van der Waals surface area (Å²) in [6.07, 6.45) is 1.40. The van der Waals surface area contributed by atoms with Crippen LogP contribution in [-0.4, -0.2) is 25.1 Å². The molecule has 2 rings (SSSR count). The van der Waals surface area contributed by atoms with Crippen molar-refractivity contribution in [2.24, 2.45) is 0 Å². The van der Waals surface area contributed by atoms with E-state index in [-0.39, 0.29) is 33.0 Å². The van der Waals surface area contributed by atoms with Crippen LogP contribution in [0.2, 0.25) is 10.0 Å². The number of amides is 1. The molecule has 0 saturated carbocycles. The minimum atomic E-state index is -3.61. The predicted octanol–water partition coefficient (Wildman–Crippen LogP) is 3.50. The molecule has 1 aromatic carbocycles. The normalized spacial score (nSPS) is 11.3. The number of nitrogens with one attached hydrogen (secondary N) is 1. The molecule has 23 heavy (non-hydrogen) atoms. The van der Waals surface area contributed by atoms with Gasteiger partial charge in [0.1, 0.15) is 0 Å². The fourth-order valence-electron chi connectivity index (χ4n) is 1.86. The van der Waals surface area contributed by atoms with E-state index in [2.05, 4.69) is 10.3 Å². The van der Waals surface area contributed by atoms with Crippen LogP contribution < -0.4 is 5.32 Å². The minimum absolute atomic E-state index is 0.0412. The average Bonchev–Trinajstić information content (AvgIpc) is 2.48. The number of aryl methyl sites for hydroxylation is 1. The Morgan fingerprint density at radius 2 is 1.91 bits per heavy atom. The number of anilines is 1. The van der Waals surface area contributed by atoms with Gasteiger partial charge < -0.3 is 5.32 Å². The van der Waals surface area contributed by atoms with Crippen LogP contribution in [0.5, 0.6) is 0 Å². The molecule has 0 bridgehead atoms. The maximum absolute atomic E-state index is 12.2. The van der Waals surface area contributed by atoms with Gasteiger partial charge in [-0.25, -0.2) is 8.42 Å². The van der Waals surface area contributed by atoms with E-state index < -0.39 is 9.84 Å². The number of nitrogens with zero attached hydrogens (tertiary/aromatic N) is 1. The molecular weight excluding hydrogens is 359 g/mol. The Balaban J connectivity index is 2.01. The summed E-state index contributed by atoms with van der Waals surface area (Å²) < 4.78 is 24.4. The standard InChI is InChI=1S/C15H14Cl2N2O3S/c1-10-8-11(4-6-18-10)19-15(20)5-7-23(21,22)12-2-3-13(16)14(17)9-12/h2-4,6,8-9H,5,7H2,1H3,(H,18,19,20). The van der Waals surface area contributed by atoms with Gasteiger partial charge >= 0.3 is 0 Å². The van der Waals surface area contributed by atoms with E-state index in [0.717, 1.165) is 5.69 Å². The topological polar surface area (TPSA) is 76.1 Å². The summed E-state index contributed by atoms with van der Waals surface area (Å²) in [4.78, 5) is 15.9. The van der Waals surface area contributed by atoms with Gasteiger partial charge in [0.2, 0.25) is 5.91 Å². The molecule has 0 aliphatic rings. The number of pyridine rings is 1. The number of carbonyl (C=O) groups is 1. The third-order valence-corrected chi connectivity index (χ3v) is 5.48. The molecule has 0 atom stereocenters. The first-order chi connectivity index (χ1) is 10.8. The molecule has 1 N–H and O–H groups in total. The van der Waals surface area contributed by atoms with Crippen LogP contribution in [0.1, 0.15) is 12.1 Å². The molecule has 5 nitrogen and oxygen atoms in total. The lowest BCUT2D eigenvalue weighted by Gasteiger charge is -2.07. The zero-order chi connectivity index (χ0) is 17.0. The van der Waals surface area contributed by atoms with Gasteiger partial charge in [-0.1, -0.05) is 23.2 Å². The Hall–Kier alpha value is -1.63. The molecule has 1 amide bonds. The van der Waals surface area contributed by atoms with Gasteiger partial charge in [0.25, 0.3) is 0 Å². The first-order valence-corrected chi connectivity index (χ1v) is 9.09. The molecule has 2 aromatic rings. The van der Waals surface area contributed by atoms with Gasteiger partial charge in [-0.05, 0) is 37.3 Å². The van der Waals surface area contributed by atoms with E-state index >= 15 is 0 Å². The molecule has 0 saturated heterocycles. The van der Waals surface area contributed by atoms with Gasteiger partial charge in [-0.15, -0.1) is 0 Å². The summed E-state index contributed by atoms with van der Waals surface area (Å²) in [5.41, 5.74) is 1.33. The van der Waals surface area contributed by atoms with Gasteiger partial charge in [0.05, 0.1) is 20.7 Å². The first-order valence-electron chi connectivity index (χ1n) is 6.68. The van der Waals surface area contributed by atoms with Crippen molar-refractivity contribution in [3.05, 3.63) is 52.3 Å². The number of hydrogen-bond acceptors (Lipinski definition) is 4. The second-order valence-electron chi connectivity index (χ2n) is 4.88. The van der Waals surface area contributed by atoms with Crippen LogP contribution in [0.4, 0.5) is 5.69 Å². The van der Waals surface area contributed by atoms with E-state index in [0.29, 0.717) is 5.69 Å². The van der Waals surface area contributed by atoms with Crippen molar-refractivity contribution in [3.8, 4) is 0 Å². The maximum atomic E-state index is 12.2. The molecular formula is C15H14Cl2N2O3S. The largest absolute Gasteiger partial charge is 0.326 e. The summed E-state index contributed by atoms with van der Waals surface area (Å²) >= 11 is 11.6. The van der Waals surface area contributed by atoms with Crippen molar-refractivity contribution in [1.29, 1.82) is 0 Å². The summed E-state index contributed by atoms with van der Waals surface area (Å²) in [7, 11) is -3.61. The fraction of sp³-hybridized carbons (Fsp3) is 0.200. The van der Waals surface area contributed by atoms with Gasteiger partial charge in [-0.3, -0.25) is 9.78 Å². The van der Waals surface area contributed by atoms with Crippen LogP contribution >= 0.6 is 23.2 Å². The first kappa shape index (κ1) is 17.7. The van der Waals surface area contributed by atoms with E-state index in [9.17, 15) is 13.2 Å². The van der Waals surface area contributed by atoms with Crippen molar-refractivity contribution in [1.82, 2.24) is 4.98 Å². The Morgan fingerprint density at radius 3 is 2.57 bits per heavy atom. The summed E-state index contributed by atoms with van der Waals surface area (Å²) in [5.74, 6) is -0.708. The number of carbonyl (C=O) groups excluding carboxylic acids is 1. The van der Waals surface area contributed by atoms with Gasteiger partial charge in [-0.2, -0.15) is 0 Å². The zero-order valence-electron chi connectivity index (χ0n) is 12.2. The summed E-state index contributed by atoms with van der Waals surface area (Å²) in [6.45, 7) is 1.80. The van der Waals surface area contributed by atoms with Gasteiger partial charge in [0.15, 0.2) is 9.84 Å². The Bertz CT molecular complexity index is 838. The van der Waals surface area contributed by atoms with Crippen molar-refractivity contribution in [3.63, 3.8) is 0 Å². The third kappa shape index (κ3) is 4.92. The van der Waals surface area contributed by atoms with E-state index in [1.54, 1.807) is 25.3 Å². The molecule has 0 fully saturated rings. The Labute approximate surface area is 144 Å². The molecule has 1 heterocycles. The molecule has 1 aromatic heterocycles. The van der Waals surface area contributed by atoms with Crippen molar-refractivity contribution in [2.45, 2.75) is 18.2 Å². The van der Waals surface area contributed by atoms with E-state index in [1.165, 1.54) is 18.2 Å². The van der Waals surface area contributed by atoms with Crippen LogP contribution in [0.3, 0.4) is 0 Å². The SMILES string of the molecule is Cc1cc(NC(=O)CCS(=O)(=O)c2ccc(Cl)c(Cl)c2)ccn1. The highest BCUT2D eigenvalue weighted by Gasteiger charge is 2.17. The zero-order valence-corrected chi connectivity index (χ0v) is 14.5. The number of hydrogen-bond donors (Lipinski definition) is 1. The smallest absolute Gasteiger partial charge is 0.225 e. The van der Waals surface area contributed by atoms with Crippen LogP contribution in [0.25, 0.3) is 0 Å². The van der Waals surface area contributed by atoms with E-state index in [4.69, 9.17) is 23.2 Å². The predicted molar refractivity (Wildman–Crippen MR) is 90.7 cm³/mol. The maximum Gasteiger partial charge on any atom is 0.225 e. The summed E-state index contributed by atoms with van der Waals surface area (Å²) in [5, 5.41) is 3.07. The monoisotopic (exact) mass is 372 g/mol. The highest BCUT2D eigenvalue weighted by atomic mass is 35.5. The quantitative estimate of drug-likeness (QED) is 0.870. The third-order valence-electron chi connectivity index (χ3n) is 3.03. The fourth-order valence-corrected chi connectivity index (χ4v) is 3.49. The number of benzene rings is 1. The molecule has 0 aliphatic heterocycles. The minimum Gasteiger partial charge on any atom is -0.326 e. The van der Waals surface area contributed by atoms with Crippen molar-refractivity contribution in [2.75, 3.05) is 11.1 Å². The van der Waals surface area contributed by atoms with E-state index in [1.807, 2.05) is 0 Å². The Morgan fingerprint density at radius 1 is 1.17 bits per heavy atom. The van der Waals surface area contributed by atoms with Crippen LogP contribution in [-0.2, 0) is 14.6 Å².